The summed E-state index contributed by atoms with van der Waals surface area (Å²) in [4.78, 5) is 0. The first-order valence-corrected chi connectivity index (χ1v) is 13.6. The van der Waals surface area contributed by atoms with E-state index in [0.717, 1.165) is 5.57 Å². The molecule has 5 aromatic rings. The Morgan fingerprint density at radius 2 is 1.33 bits per heavy atom. The maximum Gasteiger partial charge on any atom is 0.138 e. The highest BCUT2D eigenvalue weighted by Gasteiger charge is 2.37. The molecule has 0 amide bonds. The molecule has 1 aliphatic carbocycles. The Morgan fingerprint density at radius 1 is 0.667 bits per heavy atom. The first-order chi connectivity index (χ1) is 20.0. The van der Waals surface area contributed by atoms with Crippen molar-refractivity contribution >= 4 is 11.0 Å². The van der Waals surface area contributed by atoms with Gasteiger partial charge in [-0.25, -0.2) is 0 Å². The molecular formula is C34H30O8. The summed E-state index contributed by atoms with van der Waals surface area (Å²) in [7, 11) is 0. The summed E-state index contributed by atoms with van der Waals surface area (Å²) >= 11 is 0. The molecule has 214 valence electrons. The summed E-state index contributed by atoms with van der Waals surface area (Å²) < 4.78 is 5.96. The second-order valence-electron chi connectivity index (χ2n) is 11.1. The van der Waals surface area contributed by atoms with Crippen LogP contribution in [0.5, 0.6) is 40.2 Å². The molecule has 8 nitrogen and oxygen atoms in total. The van der Waals surface area contributed by atoms with Crippen LogP contribution in [0.2, 0.25) is 0 Å². The number of rotatable bonds is 5. The van der Waals surface area contributed by atoms with Crippen LogP contribution in [-0.4, -0.2) is 35.7 Å². The van der Waals surface area contributed by atoms with Gasteiger partial charge in [0.25, 0.3) is 0 Å². The lowest BCUT2D eigenvalue weighted by molar-refractivity contribution is 0.337. The van der Waals surface area contributed by atoms with E-state index in [2.05, 4.69) is 6.08 Å². The quantitative estimate of drug-likeness (QED) is 0.111. The van der Waals surface area contributed by atoms with E-state index >= 15 is 0 Å². The average molecular weight is 567 g/mol. The van der Waals surface area contributed by atoms with Gasteiger partial charge in [-0.15, -0.1) is 0 Å². The summed E-state index contributed by atoms with van der Waals surface area (Å²) in [6.07, 6.45) is 3.06. The highest BCUT2D eigenvalue weighted by Crippen LogP contribution is 2.51. The van der Waals surface area contributed by atoms with E-state index in [9.17, 15) is 35.7 Å². The van der Waals surface area contributed by atoms with Crippen LogP contribution < -0.4 is 0 Å². The summed E-state index contributed by atoms with van der Waals surface area (Å²) in [6.45, 7) is 1.99. The number of hydrogen-bond acceptors (Lipinski definition) is 8. The number of furan rings is 1. The van der Waals surface area contributed by atoms with Gasteiger partial charge in [-0.3, -0.25) is 0 Å². The molecule has 0 spiro atoms. The molecule has 1 aliphatic rings. The molecule has 0 radical (unpaired) electrons. The Kier molecular flexibility index (Phi) is 6.61. The molecule has 7 N–H and O–H groups in total. The van der Waals surface area contributed by atoms with E-state index < -0.39 is 0 Å². The van der Waals surface area contributed by atoms with Crippen LogP contribution in [0.1, 0.15) is 41.9 Å². The number of aromatic hydroxyl groups is 7. The Morgan fingerprint density at radius 3 is 2.02 bits per heavy atom. The van der Waals surface area contributed by atoms with Gasteiger partial charge in [-0.1, -0.05) is 23.8 Å². The Balaban J connectivity index is 1.48. The number of phenolic OH excluding ortho intramolecular Hbond substituents is 7. The Labute approximate surface area is 241 Å². The first-order valence-electron chi connectivity index (χ1n) is 13.6. The zero-order valence-corrected chi connectivity index (χ0v) is 22.7. The largest absolute Gasteiger partial charge is 0.508 e. The minimum atomic E-state index is -0.349. The number of allylic oxidation sites excluding steroid dienone is 2. The van der Waals surface area contributed by atoms with E-state index in [-0.39, 0.29) is 58.0 Å². The fourth-order valence-corrected chi connectivity index (χ4v) is 6.24. The lowest BCUT2D eigenvalue weighted by Gasteiger charge is -2.38. The van der Waals surface area contributed by atoms with E-state index in [1.54, 1.807) is 18.2 Å². The monoisotopic (exact) mass is 566 g/mol. The Bertz CT molecular complexity index is 1830. The van der Waals surface area contributed by atoms with Crippen molar-refractivity contribution in [3.05, 3.63) is 101 Å². The maximum absolute atomic E-state index is 11.3. The molecule has 4 aromatic carbocycles. The molecule has 3 unspecified atom stereocenters. The van der Waals surface area contributed by atoms with Gasteiger partial charge in [-0.05, 0) is 79.1 Å². The van der Waals surface area contributed by atoms with Crippen molar-refractivity contribution in [3.8, 4) is 51.6 Å². The molecule has 42 heavy (non-hydrogen) atoms. The number of fused-ring (bicyclic) bond motifs is 1. The summed E-state index contributed by atoms with van der Waals surface area (Å²) in [6, 6.07) is 18.3. The minimum absolute atomic E-state index is 0.00622. The Hall–Kier alpha value is -5.24. The predicted octanol–water partition coefficient (Wildman–Crippen LogP) is 7.12. The van der Waals surface area contributed by atoms with E-state index in [0.29, 0.717) is 51.8 Å². The van der Waals surface area contributed by atoms with Crippen LogP contribution in [0.25, 0.3) is 22.3 Å². The maximum atomic E-state index is 11.3. The van der Waals surface area contributed by atoms with Gasteiger partial charge in [-0.2, -0.15) is 0 Å². The molecule has 0 saturated heterocycles. The molecule has 1 aromatic heterocycles. The van der Waals surface area contributed by atoms with E-state index in [4.69, 9.17) is 4.42 Å². The third-order valence-electron chi connectivity index (χ3n) is 8.13. The number of hydrogen-bond donors (Lipinski definition) is 7. The van der Waals surface area contributed by atoms with E-state index in [1.165, 1.54) is 48.5 Å². The van der Waals surface area contributed by atoms with Gasteiger partial charge in [0.2, 0.25) is 0 Å². The van der Waals surface area contributed by atoms with Gasteiger partial charge >= 0.3 is 0 Å². The molecule has 0 aliphatic heterocycles. The van der Waals surface area contributed by atoms with Gasteiger partial charge in [0, 0.05) is 46.7 Å². The van der Waals surface area contributed by atoms with E-state index in [1.807, 2.05) is 13.0 Å². The van der Waals surface area contributed by atoms with Gasteiger partial charge < -0.3 is 40.2 Å². The number of phenols is 7. The third-order valence-corrected chi connectivity index (χ3v) is 8.13. The molecule has 1 heterocycles. The molecule has 6 rings (SSSR count). The molecule has 3 atom stereocenters. The summed E-state index contributed by atoms with van der Waals surface area (Å²) in [5, 5.41) is 73.2. The first kappa shape index (κ1) is 27.0. The average Bonchev–Trinajstić information content (AvgIpc) is 3.33. The van der Waals surface area contributed by atoms with Gasteiger partial charge in [0.05, 0.1) is 0 Å². The molecule has 0 saturated carbocycles. The second kappa shape index (κ2) is 10.3. The van der Waals surface area contributed by atoms with Crippen molar-refractivity contribution in [2.75, 3.05) is 0 Å². The van der Waals surface area contributed by atoms with Crippen LogP contribution in [0, 0.1) is 5.92 Å². The van der Waals surface area contributed by atoms with Crippen molar-refractivity contribution in [3.63, 3.8) is 0 Å². The van der Waals surface area contributed by atoms with Crippen LogP contribution >= 0.6 is 0 Å². The van der Waals surface area contributed by atoms with Crippen LogP contribution in [0.4, 0.5) is 0 Å². The minimum Gasteiger partial charge on any atom is -0.508 e. The lowest BCUT2D eigenvalue weighted by Crippen LogP contribution is -2.26. The second-order valence-corrected chi connectivity index (χ2v) is 11.1. The number of benzene rings is 4. The van der Waals surface area contributed by atoms with Crippen molar-refractivity contribution < 1.29 is 40.2 Å². The standard InChI is InChI=1S/C34H30O8/c1-17-6-26(25-5-4-22(36)15-31(25)40)28(10-18-2-3-21(35)14-30(18)39)27(7-17)29-11-20-12-33(42-34(20)16-32(29)41)19-8-23(37)13-24(38)9-19/h2-5,7-9,11-16,26-28,35-41H,6,10H2,1H3. The molecule has 0 fully saturated rings. The highest BCUT2D eigenvalue weighted by molar-refractivity contribution is 5.85. The molecule has 8 heteroatoms. The fraction of sp³-hybridized carbons (Fsp3) is 0.176. The van der Waals surface area contributed by atoms with Crippen molar-refractivity contribution in [1.29, 1.82) is 0 Å². The zero-order valence-electron chi connectivity index (χ0n) is 22.7. The topological polar surface area (TPSA) is 155 Å². The lowest BCUT2D eigenvalue weighted by atomic mass is 9.66. The predicted molar refractivity (Wildman–Crippen MR) is 157 cm³/mol. The third kappa shape index (κ3) is 5.03. The smallest absolute Gasteiger partial charge is 0.138 e. The molecule has 0 bridgehead atoms. The zero-order chi connectivity index (χ0) is 29.7. The highest BCUT2D eigenvalue weighted by atomic mass is 16.3. The van der Waals surface area contributed by atoms with Gasteiger partial charge in [0.15, 0.2) is 0 Å². The van der Waals surface area contributed by atoms with Crippen molar-refractivity contribution in [2.45, 2.75) is 31.6 Å². The normalized spacial score (nSPS) is 18.7. The summed E-state index contributed by atoms with van der Waals surface area (Å²) in [5.41, 5.74) is 3.82. The van der Waals surface area contributed by atoms with Crippen LogP contribution in [-0.2, 0) is 6.42 Å². The van der Waals surface area contributed by atoms with Crippen LogP contribution in [0.15, 0.2) is 88.9 Å². The van der Waals surface area contributed by atoms with Crippen molar-refractivity contribution in [2.24, 2.45) is 5.92 Å². The van der Waals surface area contributed by atoms with Gasteiger partial charge in [0.1, 0.15) is 51.6 Å². The van der Waals surface area contributed by atoms with Crippen LogP contribution in [0.3, 0.4) is 0 Å². The summed E-state index contributed by atoms with van der Waals surface area (Å²) in [5.74, 6) is -0.854. The molecular weight excluding hydrogens is 536 g/mol. The SMILES string of the molecule is CC1=CC(c2cc3cc(-c4cc(O)cc(O)c4)oc3cc2O)C(Cc2ccc(O)cc2O)C(c2ccc(O)cc2O)C1. The fourth-order valence-electron chi connectivity index (χ4n) is 6.24. The van der Waals surface area contributed by atoms with Crippen molar-refractivity contribution in [1.82, 2.24) is 0 Å².